The average molecular weight is 545 g/mol. The number of furan rings is 1. The van der Waals surface area contributed by atoms with Gasteiger partial charge < -0.3 is 9.15 Å². The van der Waals surface area contributed by atoms with E-state index < -0.39 is 5.91 Å². The largest absolute Gasteiger partial charge is 0.488 e. The number of carbonyl (C=O) groups excluding carboxylic acids is 1. The van der Waals surface area contributed by atoms with Crippen molar-refractivity contribution in [2.24, 2.45) is 5.10 Å². The Morgan fingerprint density at radius 2 is 2.03 bits per heavy atom. The summed E-state index contributed by atoms with van der Waals surface area (Å²) in [5.74, 6) is 0.532. The van der Waals surface area contributed by atoms with Gasteiger partial charge in [-0.05, 0) is 83.1 Å². The van der Waals surface area contributed by atoms with Crippen LogP contribution in [0.5, 0.6) is 5.75 Å². The Hall–Kier alpha value is -2.84. The number of rotatable bonds is 6. The minimum Gasteiger partial charge on any atom is -0.488 e. The quantitative estimate of drug-likeness (QED) is 0.175. The lowest BCUT2D eigenvalue weighted by Crippen LogP contribution is -2.16. The molecule has 0 aliphatic carbocycles. The number of amides is 1. The fraction of sp³-hybridized carbons (Fsp3) is 0.0833. The first kappa shape index (κ1) is 21.4. The molecule has 0 bridgehead atoms. The number of ether oxygens (including phenoxy) is 1. The van der Waals surface area contributed by atoms with Crippen molar-refractivity contribution in [1.29, 1.82) is 0 Å². The third-order valence-electron chi connectivity index (χ3n) is 4.51. The van der Waals surface area contributed by atoms with Gasteiger partial charge in [0.15, 0.2) is 5.76 Å². The van der Waals surface area contributed by atoms with Gasteiger partial charge in [0.2, 0.25) is 0 Å². The molecule has 4 aromatic rings. The molecular formula is C24H18ClIN2O3. The predicted octanol–water partition coefficient (Wildman–Crippen LogP) is 6.34. The van der Waals surface area contributed by atoms with E-state index in [-0.39, 0.29) is 5.76 Å². The molecule has 0 spiro atoms. The summed E-state index contributed by atoms with van der Waals surface area (Å²) in [6.07, 6.45) is 1.57. The Kier molecular flexibility index (Phi) is 6.58. The van der Waals surface area contributed by atoms with Crippen LogP contribution in [-0.2, 0) is 6.61 Å². The maximum absolute atomic E-state index is 12.3. The number of aryl methyl sites for hydroxylation is 1. The minimum absolute atomic E-state index is 0.170. The van der Waals surface area contributed by atoms with Crippen molar-refractivity contribution < 1.29 is 13.9 Å². The minimum atomic E-state index is -0.434. The highest BCUT2D eigenvalue weighted by Crippen LogP contribution is 2.24. The van der Waals surface area contributed by atoms with Gasteiger partial charge >= 0.3 is 5.91 Å². The molecule has 7 heteroatoms. The van der Waals surface area contributed by atoms with Crippen molar-refractivity contribution in [3.63, 3.8) is 0 Å². The summed E-state index contributed by atoms with van der Waals surface area (Å²) in [5.41, 5.74) is 6.23. The van der Waals surface area contributed by atoms with Crippen LogP contribution in [0.4, 0.5) is 0 Å². The van der Waals surface area contributed by atoms with Gasteiger partial charge in [0.25, 0.3) is 0 Å². The molecular weight excluding hydrogens is 527 g/mol. The molecule has 1 N–H and O–H groups in total. The number of halogens is 2. The molecule has 5 nitrogen and oxygen atoms in total. The van der Waals surface area contributed by atoms with E-state index in [4.69, 9.17) is 20.8 Å². The smallest absolute Gasteiger partial charge is 0.307 e. The van der Waals surface area contributed by atoms with E-state index in [0.29, 0.717) is 17.2 Å². The average Bonchev–Trinajstić information content (AvgIpc) is 3.16. The van der Waals surface area contributed by atoms with Crippen LogP contribution in [-0.4, -0.2) is 12.1 Å². The summed E-state index contributed by atoms with van der Waals surface area (Å²) in [5, 5.41) is 5.37. The van der Waals surface area contributed by atoms with Crippen LogP contribution in [0.15, 0.2) is 76.2 Å². The highest BCUT2D eigenvalue weighted by molar-refractivity contribution is 14.1. The molecule has 1 amide bonds. The van der Waals surface area contributed by atoms with Gasteiger partial charge in [0.1, 0.15) is 17.9 Å². The van der Waals surface area contributed by atoms with Crippen molar-refractivity contribution in [1.82, 2.24) is 5.43 Å². The first-order valence-electron chi connectivity index (χ1n) is 9.48. The standard InChI is InChI=1S/C24H18ClIN2O3/c1-15-3-2-4-17(9-15)14-30-22-7-5-16(10-20(22)26)13-27-28-24(29)23-12-18-11-19(25)6-8-21(18)31-23/h2-13H,14H2,1H3,(H,28,29)/b27-13+. The zero-order valence-electron chi connectivity index (χ0n) is 16.6. The first-order chi connectivity index (χ1) is 15.0. The number of benzene rings is 3. The van der Waals surface area contributed by atoms with Crippen molar-refractivity contribution in [2.75, 3.05) is 0 Å². The van der Waals surface area contributed by atoms with Gasteiger partial charge in [-0.25, -0.2) is 5.43 Å². The van der Waals surface area contributed by atoms with E-state index in [1.807, 2.05) is 30.3 Å². The Labute approximate surface area is 198 Å². The second-order valence-corrected chi connectivity index (χ2v) is 8.56. The van der Waals surface area contributed by atoms with Gasteiger partial charge in [-0.3, -0.25) is 4.79 Å². The highest BCUT2D eigenvalue weighted by Gasteiger charge is 2.11. The second-order valence-electron chi connectivity index (χ2n) is 6.96. The summed E-state index contributed by atoms with van der Waals surface area (Å²) >= 11 is 8.19. The monoisotopic (exact) mass is 544 g/mol. The highest BCUT2D eigenvalue weighted by atomic mass is 127. The Balaban J connectivity index is 1.37. The predicted molar refractivity (Wildman–Crippen MR) is 131 cm³/mol. The molecule has 0 saturated heterocycles. The van der Waals surface area contributed by atoms with Crippen LogP contribution in [0.2, 0.25) is 5.02 Å². The third kappa shape index (κ3) is 5.45. The third-order valence-corrected chi connectivity index (χ3v) is 5.59. The van der Waals surface area contributed by atoms with Crippen LogP contribution in [0, 0.1) is 10.5 Å². The van der Waals surface area contributed by atoms with Crippen molar-refractivity contribution in [2.45, 2.75) is 13.5 Å². The molecule has 31 heavy (non-hydrogen) atoms. The fourth-order valence-corrected chi connectivity index (χ4v) is 3.90. The van der Waals surface area contributed by atoms with Gasteiger partial charge in [0.05, 0.1) is 9.78 Å². The molecule has 4 rings (SSSR count). The van der Waals surface area contributed by atoms with Crippen LogP contribution < -0.4 is 10.2 Å². The molecule has 1 heterocycles. The Bertz CT molecular complexity index is 1280. The summed E-state index contributed by atoms with van der Waals surface area (Å²) in [6, 6.07) is 20.7. The Morgan fingerprint density at radius 1 is 1.16 bits per heavy atom. The Morgan fingerprint density at radius 3 is 2.84 bits per heavy atom. The zero-order chi connectivity index (χ0) is 21.8. The molecule has 0 unspecified atom stereocenters. The topological polar surface area (TPSA) is 63.8 Å². The normalized spacial score (nSPS) is 11.2. The van der Waals surface area contributed by atoms with Crippen LogP contribution in [0.1, 0.15) is 27.2 Å². The van der Waals surface area contributed by atoms with Gasteiger partial charge in [-0.1, -0.05) is 41.4 Å². The molecule has 0 fully saturated rings. The number of hydrazone groups is 1. The van der Waals surface area contributed by atoms with E-state index in [2.05, 4.69) is 52.2 Å². The second kappa shape index (κ2) is 9.53. The van der Waals surface area contributed by atoms with E-state index in [0.717, 1.165) is 25.8 Å². The summed E-state index contributed by atoms with van der Waals surface area (Å²) in [6.45, 7) is 2.56. The maximum atomic E-state index is 12.3. The van der Waals surface area contributed by atoms with E-state index in [1.165, 1.54) is 5.56 Å². The van der Waals surface area contributed by atoms with Crippen molar-refractivity contribution in [3.8, 4) is 5.75 Å². The number of nitrogens with one attached hydrogen (secondary N) is 1. The van der Waals surface area contributed by atoms with E-state index in [9.17, 15) is 4.79 Å². The molecule has 3 aromatic carbocycles. The van der Waals surface area contributed by atoms with E-state index >= 15 is 0 Å². The maximum Gasteiger partial charge on any atom is 0.307 e. The molecule has 0 aliphatic heterocycles. The van der Waals surface area contributed by atoms with Gasteiger partial charge in [-0.2, -0.15) is 5.10 Å². The lowest BCUT2D eigenvalue weighted by Gasteiger charge is -2.09. The number of nitrogens with zero attached hydrogens (tertiary/aromatic N) is 1. The summed E-state index contributed by atoms with van der Waals surface area (Å²) in [7, 11) is 0. The molecule has 0 atom stereocenters. The lowest BCUT2D eigenvalue weighted by molar-refractivity contribution is 0.0929. The zero-order valence-corrected chi connectivity index (χ0v) is 19.5. The van der Waals surface area contributed by atoms with Gasteiger partial charge in [-0.15, -0.1) is 0 Å². The lowest BCUT2D eigenvalue weighted by atomic mass is 10.1. The fourth-order valence-electron chi connectivity index (χ4n) is 3.02. The number of hydrogen-bond acceptors (Lipinski definition) is 4. The molecule has 0 aliphatic rings. The van der Waals surface area contributed by atoms with Crippen LogP contribution in [0.3, 0.4) is 0 Å². The molecule has 156 valence electrons. The number of fused-ring (bicyclic) bond motifs is 1. The molecule has 1 aromatic heterocycles. The van der Waals surface area contributed by atoms with Crippen LogP contribution in [0.25, 0.3) is 11.0 Å². The van der Waals surface area contributed by atoms with Crippen LogP contribution >= 0.6 is 34.2 Å². The summed E-state index contributed by atoms with van der Waals surface area (Å²) < 4.78 is 12.4. The van der Waals surface area contributed by atoms with E-state index in [1.54, 1.807) is 30.5 Å². The first-order valence-corrected chi connectivity index (χ1v) is 10.9. The summed E-state index contributed by atoms with van der Waals surface area (Å²) in [4.78, 5) is 12.3. The van der Waals surface area contributed by atoms with Crippen molar-refractivity contribution >= 4 is 57.3 Å². The SMILES string of the molecule is Cc1cccc(COc2ccc(/C=N/NC(=O)c3cc4cc(Cl)ccc4o3)cc2I)c1. The van der Waals surface area contributed by atoms with Crippen molar-refractivity contribution in [3.05, 3.63) is 97.8 Å². The molecule has 0 saturated carbocycles. The van der Waals surface area contributed by atoms with Gasteiger partial charge in [0, 0.05) is 10.4 Å². The molecule has 0 radical (unpaired) electrons. The number of carbonyl (C=O) groups is 1. The number of hydrogen-bond donors (Lipinski definition) is 1.